The first-order valence-electron chi connectivity index (χ1n) is 8.11. The van der Waals surface area contributed by atoms with Crippen LogP contribution in [0.2, 0.25) is 0 Å². The number of sulfone groups is 1. The first-order valence-corrected chi connectivity index (χ1v) is 10.00. The molecule has 6 nitrogen and oxygen atoms in total. The topological polar surface area (TPSA) is 69.7 Å². The van der Waals surface area contributed by atoms with E-state index in [1.165, 1.54) is 6.26 Å². The van der Waals surface area contributed by atoms with E-state index in [0.29, 0.717) is 38.4 Å². The van der Waals surface area contributed by atoms with Gasteiger partial charge in [-0.05, 0) is 58.3 Å². The van der Waals surface area contributed by atoms with E-state index >= 15 is 0 Å². The summed E-state index contributed by atoms with van der Waals surface area (Å²) in [7, 11) is 0.427. The predicted octanol–water partition coefficient (Wildman–Crippen LogP) is 0.797. The highest BCUT2D eigenvalue weighted by molar-refractivity contribution is 7.92. The number of halogens is 2. The van der Waals surface area contributed by atoms with Gasteiger partial charge in [-0.1, -0.05) is 0 Å². The molecule has 0 bridgehead atoms. The number of carbonyl (C=O) groups is 1. The van der Waals surface area contributed by atoms with Gasteiger partial charge in [0.25, 0.3) is 0 Å². The van der Waals surface area contributed by atoms with Crippen molar-refractivity contribution in [1.29, 1.82) is 0 Å². The van der Waals surface area contributed by atoms with Gasteiger partial charge in [0.1, 0.15) is 0 Å². The molecule has 9 heteroatoms. The summed E-state index contributed by atoms with van der Waals surface area (Å²) in [6.07, 6.45) is 4.21. The van der Waals surface area contributed by atoms with Crippen LogP contribution in [0.4, 0.5) is 0 Å². The van der Waals surface area contributed by atoms with Crippen LogP contribution in [0.5, 0.6) is 0 Å². The monoisotopic (exact) mass is 403 g/mol. The second-order valence-electron chi connectivity index (χ2n) is 6.97. The van der Waals surface area contributed by atoms with Crippen LogP contribution >= 0.6 is 24.8 Å². The van der Waals surface area contributed by atoms with E-state index in [2.05, 4.69) is 17.3 Å². The van der Waals surface area contributed by atoms with Gasteiger partial charge in [-0.3, -0.25) is 4.79 Å². The molecule has 0 spiro atoms. The van der Waals surface area contributed by atoms with Crippen molar-refractivity contribution in [3.05, 3.63) is 0 Å². The Kier molecular flexibility index (Phi) is 9.54. The molecule has 1 unspecified atom stereocenters. The maximum absolute atomic E-state index is 12.9. The zero-order valence-corrected chi connectivity index (χ0v) is 17.2. The highest BCUT2D eigenvalue weighted by atomic mass is 35.5. The second-order valence-corrected chi connectivity index (χ2v) is 9.30. The molecule has 2 fully saturated rings. The van der Waals surface area contributed by atoms with Crippen LogP contribution in [0.25, 0.3) is 0 Å². The molecule has 2 aliphatic rings. The first kappa shape index (κ1) is 23.9. The minimum absolute atomic E-state index is 0. The number of rotatable bonds is 4. The molecular formula is C15H31Cl2N3O3S. The summed E-state index contributed by atoms with van der Waals surface area (Å²) in [5.74, 6) is 0.218. The molecule has 0 radical (unpaired) electrons. The molecule has 0 aromatic heterocycles. The molecule has 1 amide bonds. The third-order valence-electron chi connectivity index (χ3n) is 5.11. The average molecular weight is 404 g/mol. The number of piperidine rings is 2. The van der Waals surface area contributed by atoms with Crippen LogP contribution in [0.15, 0.2) is 0 Å². The van der Waals surface area contributed by atoms with Gasteiger partial charge in [0, 0.05) is 26.4 Å². The standard InChI is InChI=1S/C15H29N3O3S.2ClH/c1-17-10-4-5-13(11-17)12-18(2)14(19)15(22(3,20)21)6-8-16-9-7-15;;/h13,16H,4-12H2,1-3H3;2*1H. The fraction of sp³-hybridized carbons (Fsp3) is 0.933. The molecule has 1 N–H and O–H groups in total. The Hall–Kier alpha value is -0.0800. The molecule has 0 aliphatic carbocycles. The van der Waals surface area contributed by atoms with Gasteiger partial charge in [0.15, 0.2) is 14.6 Å². The van der Waals surface area contributed by atoms with Crippen molar-refractivity contribution in [3.8, 4) is 0 Å². The number of amides is 1. The summed E-state index contributed by atoms with van der Waals surface area (Å²) < 4.78 is 23.4. The summed E-state index contributed by atoms with van der Waals surface area (Å²) in [4.78, 5) is 16.9. The largest absolute Gasteiger partial charge is 0.344 e. The van der Waals surface area contributed by atoms with E-state index in [-0.39, 0.29) is 30.7 Å². The Morgan fingerprint density at radius 3 is 2.38 bits per heavy atom. The smallest absolute Gasteiger partial charge is 0.243 e. The van der Waals surface area contributed by atoms with Crippen molar-refractivity contribution in [1.82, 2.24) is 15.1 Å². The van der Waals surface area contributed by atoms with Crippen LogP contribution in [-0.4, -0.2) is 81.9 Å². The summed E-state index contributed by atoms with van der Waals surface area (Å²) in [5.41, 5.74) is 0. The normalized spacial score (nSPS) is 24.4. The van der Waals surface area contributed by atoms with Gasteiger partial charge < -0.3 is 15.1 Å². The lowest BCUT2D eigenvalue weighted by Crippen LogP contribution is -2.58. The Labute approximate surface area is 158 Å². The van der Waals surface area contributed by atoms with E-state index in [1.807, 2.05) is 0 Å². The molecule has 24 heavy (non-hydrogen) atoms. The van der Waals surface area contributed by atoms with Gasteiger partial charge in [0.2, 0.25) is 5.91 Å². The molecule has 2 rings (SSSR count). The number of hydrogen-bond acceptors (Lipinski definition) is 5. The highest BCUT2D eigenvalue weighted by Crippen LogP contribution is 2.30. The lowest BCUT2D eigenvalue weighted by atomic mass is 9.93. The third-order valence-corrected chi connectivity index (χ3v) is 7.11. The molecule has 0 aromatic rings. The quantitative estimate of drug-likeness (QED) is 0.751. The fourth-order valence-corrected chi connectivity index (χ4v) is 5.23. The zero-order chi connectivity index (χ0) is 16.4. The van der Waals surface area contributed by atoms with Crippen LogP contribution in [0.1, 0.15) is 25.7 Å². The van der Waals surface area contributed by atoms with E-state index in [9.17, 15) is 13.2 Å². The molecule has 1 atom stereocenters. The van der Waals surface area contributed by atoms with Crippen molar-refractivity contribution < 1.29 is 13.2 Å². The Bertz CT molecular complexity index is 510. The van der Waals surface area contributed by atoms with Gasteiger partial charge in [-0.2, -0.15) is 0 Å². The van der Waals surface area contributed by atoms with Gasteiger partial charge >= 0.3 is 0 Å². The molecule has 2 heterocycles. The summed E-state index contributed by atoms with van der Waals surface area (Å²) in [6.45, 7) is 3.89. The SMILES string of the molecule is CN1CCCC(CN(C)C(=O)C2(S(C)(=O)=O)CCNCC2)C1.Cl.Cl. The summed E-state index contributed by atoms with van der Waals surface area (Å²) in [6, 6.07) is 0. The van der Waals surface area contributed by atoms with Gasteiger partial charge in [-0.25, -0.2) is 8.42 Å². The van der Waals surface area contributed by atoms with Crippen molar-refractivity contribution in [3.63, 3.8) is 0 Å². The number of carbonyl (C=O) groups excluding carboxylic acids is 1. The van der Waals surface area contributed by atoms with Gasteiger partial charge in [0.05, 0.1) is 0 Å². The molecule has 2 saturated heterocycles. The molecule has 144 valence electrons. The van der Waals surface area contributed by atoms with Crippen molar-refractivity contribution in [2.24, 2.45) is 5.92 Å². The van der Waals surface area contributed by atoms with E-state index < -0.39 is 14.6 Å². The molecular weight excluding hydrogens is 373 g/mol. The van der Waals surface area contributed by atoms with E-state index in [0.717, 1.165) is 25.9 Å². The molecule has 0 aromatic carbocycles. The number of likely N-dealkylation sites (tertiary alicyclic amines) is 1. The lowest BCUT2D eigenvalue weighted by molar-refractivity contribution is -0.134. The van der Waals surface area contributed by atoms with E-state index in [1.54, 1.807) is 11.9 Å². The lowest BCUT2D eigenvalue weighted by Gasteiger charge is -2.39. The van der Waals surface area contributed by atoms with Crippen LogP contribution in [0, 0.1) is 5.92 Å². The van der Waals surface area contributed by atoms with Crippen molar-refractivity contribution in [2.75, 3.05) is 53.1 Å². The Morgan fingerprint density at radius 2 is 1.88 bits per heavy atom. The van der Waals surface area contributed by atoms with Crippen LogP contribution in [-0.2, 0) is 14.6 Å². The highest BCUT2D eigenvalue weighted by Gasteiger charge is 2.50. The maximum Gasteiger partial charge on any atom is 0.243 e. The summed E-state index contributed by atoms with van der Waals surface area (Å²) in [5, 5.41) is 3.15. The Balaban J connectivity index is 0.00000264. The predicted molar refractivity (Wildman–Crippen MR) is 102 cm³/mol. The summed E-state index contributed by atoms with van der Waals surface area (Å²) >= 11 is 0. The van der Waals surface area contributed by atoms with Crippen molar-refractivity contribution in [2.45, 2.75) is 30.4 Å². The third kappa shape index (κ3) is 5.21. The van der Waals surface area contributed by atoms with Crippen molar-refractivity contribution >= 4 is 40.6 Å². The minimum Gasteiger partial charge on any atom is -0.344 e. The average Bonchev–Trinajstić information content (AvgIpc) is 2.46. The van der Waals surface area contributed by atoms with Gasteiger partial charge in [-0.15, -0.1) is 24.8 Å². The molecule has 0 saturated carbocycles. The maximum atomic E-state index is 12.9. The Morgan fingerprint density at radius 1 is 1.29 bits per heavy atom. The number of hydrogen-bond donors (Lipinski definition) is 1. The van der Waals surface area contributed by atoms with E-state index in [4.69, 9.17) is 0 Å². The minimum atomic E-state index is -3.42. The number of nitrogens with zero attached hydrogens (tertiary/aromatic N) is 2. The fourth-order valence-electron chi connectivity index (χ4n) is 3.81. The molecule has 2 aliphatic heterocycles. The zero-order valence-electron chi connectivity index (χ0n) is 14.8. The van der Waals surface area contributed by atoms with Crippen LogP contribution in [0.3, 0.4) is 0 Å². The van der Waals surface area contributed by atoms with Crippen LogP contribution < -0.4 is 5.32 Å². The second kappa shape index (κ2) is 9.57. The number of nitrogens with one attached hydrogen (secondary N) is 1. The first-order chi connectivity index (χ1) is 10.3.